The fourth-order valence-corrected chi connectivity index (χ4v) is 2.59. The first-order valence-electron chi connectivity index (χ1n) is 5.71. The van der Waals surface area contributed by atoms with Gasteiger partial charge in [0, 0.05) is 29.4 Å². The summed E-state index contributed by atoms with van der Waals surface area (Å²) in [7, 11) is 1.14. The summed E-state index contributed by atoms with van der Waals surface area (Å²) in [6.07, 6.45) is 0. The van der Waals surface area contributed by atoms with E-state index in [4.69, 9.17) is 20.2 Å². The zero-order chi connectivity index (χ0) is 15.3. The highest BCUT2D eigenvalue weighted by molar-refractivity contribution is 8.13. The summed E-state index contributed by atoms with van der Waals surface area (Å²) in [6.45, 7) is 4.21. The van der Waals surface area contributed by atoms with Crippen molar-refractivity contribution >= 4 is 25.4 Å². The average Bonchev–Trinajstić information content (AvgIpc) is 2.34. The maximum atomic E-state index is 11.5. The third-order valence-electron chi connectivity index (χ3n) is 2.38. The number of non-ortho nitro benzene ring substituents is 1. The maximum absolute atomic E-state index is 11.5. The van der Waals surface area contributed by atoms with E-state index in [0.29, 0.717) is 12.2 Å². The van der Waals surface area contributed by atoms with E-state index in [9.17, 15) is 18.5 Å². The number of ether oxygens (including phenoxy) is 2. The number of hydrogen-bond acceptors (Lipinski definition) is 6. The lowest BCUT2D eigenvalue weighted by atomic mass is 10.2. The van der Waals surface area contributed by atoms with Crippen LogP contribution in [0.4, 0.5) is 5.69 Å². The van der Waals surface area contributed by atoms with Crippen molar-refractivity contribution in [2.24, 2.45) is 0 Å². The summed E-state index contributed by atoms with van der Waals surface area (Å²) < 4.78 is 33.4. The molecule has 0 radical (unpaired) electrons. The molecule has 0 aliphatic rings. The highest BCUT2D eigenvalue weighted by Gasteiger charge is 2.23. The molecule has 1 rings (SSSR count). The van der Waals surface area contributed by atoms with Gasteiger partial charge < -0.3 is 9.47 Å². The number of nitrogens with zero attached hydrogens (tertiary/aromatic N) is 1. The summed E-state index contributed by atoms with van der Waals surface area (Å²) in [5, 5.41) is 10.7. The van der Waals surface area contributed by atoms with Crippen molar-refractivity contribution in [3.8, 4) is 5.75 Å². The molecule has 0 bridgehead atoms. The molecule has 1 aromatic carbocycles. The Balaban J connectivity index is 3.18. The van der Waals surface area contributed by atoms with Gasteiger partial charge >= 0.3 is 0 Å². The van der Waals surface area contributed by atoms with Crippen LogP contribution in [0.1, 0.15) is 12.5 Å². The van der Waals surface area contributed by atoms with Crippen LogP contribution < -0.4 is 4.74 Å². The molecule has 0 atom stereocenters. The van der Waals surface area contributed by atoms with Gasteiger partial charge in [-0.05, 0) is 19.4 Å². The first-order chi connectivity index (χ1) is 9.27. The molecule has 0 saturated heterocycles. The molecule has 0 spiro atoms. The monoisotopic (exact) mass is 323 g/mol. The number of benzene rings is 1. The van der Waals surface area contributed by atoms with E-state index < -0.39 is 18.9 Å². The molecule has 9 heteroatoms. The minimum absolute atomic E-state index is 0.00491. The third kappa shape index (κ3) is 4.32. The average molecular weight is 324 g/mol. The summed E-state index contributed by atoms with van der Waals surface area (Å²) in [5.41, 5.74) is -0.0474. The SMILES string of the molecule is CCOCCOc1c(C)cc([N+](=O)[O-])cc1S(=O)(=O)Cl. The molecular formula is C11H14ClNO6S. The standard InChI is InChI=1S/C11H14ClNO6S/c1-3-18-4-5-19-11-8(2)6-9(13(14)15)7-10(11)20(12,16)17/h6-7H,3-5H2,1-2H3. The Kier molecular flexibility index (Phi) is 5.73. The van der Waals surface area contributed by atoms with Gasteiger partial charge in [0.15, 0.2) is 0 Å². The van der Waals surface area contributed by atoms with Crippen molar-refractivity contribution in [2.75, 3.05) is 19.8 Å². The molecule has 0 fully saturated rings. The number of nitro groups is 1. The van der Waals surface area contributed by atoms with Gasteiger partial charge in [-0.25, -0.2) is 8.42 Å². The second-order valence-corrected chi connectivity index (χ2v) is 6.36. The predicted molar refractivity (Wildman–Crippen MR) is 72.9 cm³/mol. The fourth-order valence-electron chi connectivity index (χ4n) is 1.54. The summed E-state index contributed by atoms with van der Waals surface area (Å²) >= 11 is 0. The number of hydrogen-bond donors (Lipinski definition) is 0. The Hall–Kier alpha value is -1.38. The van der Waals surface area contributed by atoms with Crippen LogP contribution >= 0.6 is 10.7 Å². The highest BCUT2D eigenvalue weighted by atomic mass is 35.7. The number of halogens is 1. The van der Waals surface area contributed by atoms with Crippen molar-refractivity contribution in [3.63, 3.8) is 0 Å². The zero-order valence-corrected chi connectivity index (χ0v) is 12.5. The number of nitro benzene ring substituents is 1. The summed E-state index contributed by atoms with van der Waals surface area (Å²) in [4.78, 5) is 9.64. The fraction of sp³-hybridized carbons (Fsp3) is 0.455. The molecule has 0 unspecified atom stereocenters. The smallest absolute Gasteiger partial charge is 0.271 e. The quantitative estimate of drug-likeness (QED) is 0.330. The van der Waals surface area contributed by atoms with E-state index in [2.05, 4.69) is 0 Å². The van der Waals surface area contributed by atoms with Crippen molar-refractivity contribution in [1.29, 1.82) is 0 Å². The van der Waals surface area contributed by atoms with Gasteiger partial charge in [0.05, 0.1) is 11.5 Å². The lowest BCUT2D eigenvalue weighted by Gasteiger charge is -2.12. The minimum Gasteiger partial charge on any atom is -0.489 e. The van der Waals surface area contributed by atoms with Gasteiger partial charge in [-0.3, -0.25) is 10.1 Å². The number of rotatable bonds is 7. The van der Waals surface area contributed by atoms with Crippen LogP contribution in [0, 0.1) is 17.0 Å². The molecule has 0 aliphatic heterocycles. The minimum atomic E-state index is -4.15. The van der Waals surface area contributed by atoms with Crippen LogP contribution in [0.5, 0.6) is 5.75 Å². The van der Waals surface area contributed by atoms with Crippen molar-refractivity contribution in [3.05, 3.63) is 27.8 Å². The number of aryl methyl sites for hydroxylation is 1. The molecule has 0 amide bonds. The molecular weight excluding hydrogens is 310 g/mol. The second-order valence-electron chi connectivity index (χ2n) is 3.83. The van der Waals surface area contributed by atoms with Crippen LogP contribution in [0.25, 0.3) is 0 Å². The Labute approximate surface area is 121 Å². The summed E-state index contributed by atoms with van der Waals surface area (Å²) in [6, 6.07) is 2.10. The van der Waals surface area contributed by atoms with Crippen LogP contribution in [-0.4, -0.2) is 33.2 Å². The molecule has 0 N–H and O–H groups in total. The van der Waals surface area contributed by atoms with Crippen molar-refractivity contribution < 1.29 is 22.8 Å². The first kappa shape index (κ1) is 16.7. The van der Waals surface area contributed by atoms with Crippen molar-refractivity contribution in [1.82, 2.24) is 0 Å². The van der Waals surface area contributed by atoms with E-state index in [1.54, 1.807) is 0 Å². The first-order valence-corrected chi connectivity index (χ1v) is 8.02. The van der Waals surface area contributed by atoms with Crippen LogP contribution in [0.3, 0.4) is 0 Å². The maximum Gasteiger partial charge on any atom is 0.271 e. The Morgan fingerprint density at radius 2 is 2.00 bits per heavy atom. The molecule has 0 aromatic heterocycles. The van der Waals surface area contributed by atoms with Crippen LogP contribution in [0.2, 0.25) is 0 Å². The zero-order valence-electron chi connectivity index (χ0n) is 11.0. The Morgan fingerprint density at radius 3 is 2.50 bits per heavy atom. The highest BCUT2D eigenvalue weighted by Crippen LogP contribution is 2.34. The van der Waals surface area contributed by atoms with Gasteiger partial charge in [-0.15, -0.1) is 0 Å². The van der Waals surface area contributed by atoms with E-state index >= 15 is 0 Å². The van der Waals surface area contributed by atoms with E-state index in [1.165, 1.54) is 13.0 Å². The van der Waals surface area contributed by atoms with Gasteiger partial charge in [-0.2, -0.15) is 0 Å². The van der Waals surface area contributed by atoms with E-state index in [0.717, 1.165) is 6.07 Å². The molecule has 1 aromatic rings. The molecule has 0 aliphatic carbocycles. The van der Waals surface area contributed by atoms with Gasteiger partial charge in [-0.1, -0.05) is 0 Å². The molecule has 0 heterocycles. The predicted octanol–water partition coefficient (Wildman–Crippen LogP) is 2.25. The molecule has 7 nitrogen and oxygen atoms in total. The van der Waals surface area contributed by atoms with E-state index in [1.807, 2.05) is 6.92 Å². The molecule has 0 saturated carbocycles. The van der Waals surface area contributed by atoms with Gasteiger partial charge in [0.25, 0.3) is 14.7 Å². The van der Waals surface area contributed by atoms with Gasteiger partial charge in [0.2, 0.25) is 0 Å². The lowest BCUT2D eigenvalue weighted by Crippen LogP contribution is -2.09. The van der Waals surface area contributed by atoms with Crippen LogP contribution in [-0.2, 0) is 13.8 Å². The molecule has 112 valence electrons. The third-order valence-corrected chi connectivity index (χ3v) is 3.70. The van der Waals surface area contributed by atoms with Crippen molar-refractivity contribution in [2.45, 2.75) is 18.7 Å². The topological polar surface area (TPSA) is 95.7 Å². The van der Waals surface area contributed by atoms with Crippen LogP contribution in [0.15, 0.2) is 17.0 Å². The second kappa shape index (κ2) is 6.87. The van der Waals surface area contributed by atoms with Gasteiger partial charge in [0.1, 0.15) is 17.3 Å². The van der Waals surface area contributed by atoms with E-state index in [-0.39, 0.29) is 24.7 Å². The largest absolute Gasteiger partial charge is 0.489 e. The normalized spacial score (nSPS) is 11.3. The Bertz CT molecular complexity index is 601. The lowest BCUT2D eigenvalue weighted by molar-refractivity contribution is -0.385. The Morgan fingerprint density at radius 1 is 1.35 bits per heavy atom. The summed E-state index contributed by atoms with van der Waals surface area (Å²) in [5.74, 6) is 0.00491. The molecule has 20 heavy (non-hydrogen) atoms.